The van der Waals surface area contributed by atoms with Crippen LogP contribution in [0.15, 0.2) is 59.5 Å². The summed E-state index contributed by atoms with van der Waals surface area (Å²) in [4.78, 5) is 1.46. The van der Waals surface area contributed by atoms with Gasteiger partial charge in [-0.15, -0.1) is 0 Å². The van der Waals surface area contributed by atoms with Gasteiger partial charge in [0.25, 0.3) is 0 Å². The van der Waals surface area contributed by atoms with Gasteiger partial charge in [0.05, 0.1) is 0 Å². The van der Waals surface area contributed by atoms with Gasteiger partial charge in [0.2, 0.25) is 0 Å². The highest BCUT2D eigenvalue weighted by Gasteiger charge is 2.15. The first-order valence-corrected chi connectivity index (χ1v) is 7.29. The van der Waals surface area contributed by atoms with Crippen LogP contribution in [0.25, 0.3) is 0 Å². The Balaban J connectivity index is 2.12. The molecule has 0 bridgehead atoms. The van der Waals surface area contributed by atoms with Gasteiger partial charge in [-0.3, -0.25) is 0 Å². The Morgan fingerprint density at radius 3 is 2.38 bits per heavy atom. The van der Waals surface area contributed by atoms with Gasteiger partial charge in [-0.25, -0.2) is 0 Å². The molecule has 0 radical (unpaired) electrons. The van der Waals surface area contributed by atoms with Crippen LogP contribution in [0.4, 0.5) is 0 Å². The number of rotatable bonds is 3. The first-order valence-electron chi connectivity index (χ1n) is 5.49. The second-order valence-corrected chi connectivity index (χ2v) is 6.12. The third-order valence-electron chi connectivity index (χ3n) is 2.62. The van der Waals surface area contributed by atoms with Crippen LogP contribution in [0.3, 0.4) is 0 Å². The SMILES string of the molecule is Cc1cccc([S+](C)Cc2ccccc2)c1. The van der Waals surface area contributed by atoms with Gasteiger partial charge in [-0.2, -0.15) is 0 Å². The first-order chi connectivity index (χ1) is 7.75. The van der Waals surface area contributed by atoms with E-state index in [4.69, 9.17) is 0 Å². The average Bonchev–Trinajstić information content (AvgIpc) is 2.30. The molecule has 1 atom stereocenters. The van der Waals surface area contributed by atoms with Crippen LogP contribution in [0.2, 0.25) is 0 Å². The number of hydrogen-bond acceptors (Lipinski definition) is 0. The van der Waals surface area contributed by atoms with Crippen molar-refractivity contribution in [2.45, 2.75) is 17.6 Å². The van der Waals surface area contributed by atoms with E-state index in [2.05, 4.69) is 67.8 Å². The minimum atomic E-state index is 0.305. The number of aryl methyl sites for hydroxylation is 1. The summed E-state index contributed by atoms with van der Waals surface area (Å²) >= 11 is 0. The lowest BCUT2D eigenvalue weighted by Gasteiger charge is -2.03. The summed E-state index contributed by atoms with van der Waals surface area (Å²) < 4.78 is 0. The zero-order chi connectivity index (χ0) is 11.4. The quantitative estimate of drug-likeness (QED) is 0.702. The van der Waals surface area contributed by atoms with Gasteiger partial charge in [-0.1, -0.05) is 42.5 Å². The summed E-state index contributed by atoms with van der Waals surface area (Å²) in [6.07, 6.45) is 2.32. The zero-order valence-corrected chi connectivity index (χ0v) is 10.6. The van der Waals surface area contributed by atoms with Crippen LogP contribution in [-0.2, 0) is 16.6 Å². The van der Waals surface area contributed by atoms with Gasteiger partial charge < -0.3 is 0 Å². The van der Waals surface area contributed by atoms with Crippen LogP contribution in [0.1, 0.15) is 11.1 Å². The standard InChI is InChI=1S/C15H17S/c1-13-7-6-10-15(11-13)16(2)12-14-8-4-3-5-9-14/h3-11H,12H2,1-2H3/q+1. The summed E-state index contributed by atoms with van der Waals surface area (Å²) in [7, 11) is 0.305. The van der Waals surface area contributed by atoms with Crippen LogP contribution in [0, 0.1) is 6.92 Å². The van der Waals surface area contributed by atoms with Crippen molar-refractivity contribution in [2.75, 3.05) is 6.26 Å². The van der Waals surface area contributed by atoms with Crippen LogP contribution in [-0.4, -0.2) is 6.26 Å². The molecule has 2 rings (SSSR count). The predicted octanol–water partition coefficient (Wildman–Crippen LogP) is 3.80. The van der Waals surface area contributed by atoms with E-state index in [1.54, 1.807) is 0 Å². The molecule has 0 spiro atoms. The molecule has 0 heterocycles. The van der Waals surface area contributed by atoms with E-state index < -0.39 is 0 Å². The molecule has 16 heavy (non-hydrogen) atoms. The highest BCUT2D eigenvalue weighted by molar-refractivity contribution is 7.95. The van der Waals surface area contributed by atoms with Crippen molar-refractivity contribution in [2.24, 2.45) is 0 Å². The average molecular weight is 229 g/mol. The Hall–Kier alpha value is -1.21. The van der Waals surface area contributed by atoms with Gasteiger partial charge in [0, 0.05) is 16.5 Å². The number of hydrogen-bond donors (Lipinski definition) is 0. The van der Waals surface area contributed by atoms with Crippen molar-refractivity contribution in [1.29, 1.82) is 0 Å². The van der Waals surface area contributed by atoms with Gasteiger partial charge in [-0.05, 0) is 24.6 Å². The second kappa shape index (κ2) is 5.22. The third-order valence-corrected chi connectivity index (χ3v) is 4.44. The summed E-state index contributed by atoms with van der Waals surface area (Å²) in [6, 6.07) is 19.6. The maximum Gasteiger partial charge on any atom is 0.155 e. The molecule has 0 aromatic heterocycles. The Bertz CT molecular complexity index is 448. The van der Waals surface area contributed by atoms with E-state index >= 15 is 0 Å². The van der Waals surface area contributed by atoms with E-state index in [0.29, 0.717) is 10.9 Å². The van der Waals surface area contributed by atoms with Crippen molar-refractivity contribution in [1.82, 2.24) is 0 Å². The van der Waals surface area contributed by atoms with Gasteiger partial charge in [0.1, 0.15) is 12.0 Å². The van der Waals surface area contributed by atoms with Crippen molar-refractivity contribution in [3.8, 4) is 0 Å². The lowest BCUT2D eigenvalue weighted by atomic mass is 10.2. The molecule has 2 aromatic carbocycles. The molecule has 0 N–H and O–H groups in total. The molecule has 0 amide bonds. The molecule has 0 saturated heterocycles. The lowest BCUT2D eigenvalue weighted by Crippen LogP contribution is -2.03. The van der Waals surface area contributed by atoms with E-state index in [0.717, 1.165) is 5.75 Å². The van der Waals surface area contributed by atoms with E-state index in [-0.39, 0.29) is 0 Å². The van der Waals surface area contributed by atoms with Crippen LogP contribution in [0.5, 0.6) is 0 Å². The predicted molar refractivity (Wildman–Crippen MR) is 72.9 cm³/mol. The summed E-state index contributed by atoms with van der Waals surface area (Å²) in [5.74, 6) is 1.14. The van der Waals surface area contributed by atoms with Gasteiger partial charge in [0.15, 0.2) is 4.90 Å². The molecule has 82 valence electrons. The zero-order valence-electron chi connectivity index (χ0n) is 9.81. The molecule has 0 fully saturated rings. The maximum atomic E-state index is 2.32. The molecule has 1 heteroatoms. The molecule has 0 aliphatic rings. The lowest BCUT2D eigenvalue weighted by molar-refractivity contribution is 1.32. The summed E-state index contributed by atoms with van der Waals surface area (Å²) in [6.45, 7) is 2.16. The molecule has 0 aliphatic heterocycles. The largest absolute Gasteiger partial charge is 0.155 e. The molecule has 1 unspecified atom stereocenters. The van der Waals surface area contributed by atoms with Crippen molar-refractivity contribution < 1.29 is 0 Å². The molecule has 0 aliphatic carbocycles. The highest BCUT2D eigenvalue weighted by Crippen LogP contribution is 2.17. The van der Waals surface area contributed by atoms with Crippen molar-refractivity contribution >= 4 is 10.9 Å². The van der Waals surface area contributed by atoms with E-state index in [9.17, 15) is 0 Å². The van der Waals surface area contributed by atoms with E-state index in [1.165, 1.54) is 16.0 Å². The molecule has 0 nitrogen and oxygen atoms in total. The van der Waals surface area contributed by atoms with Crippen LogP contribution < -0.4 is 0 Å². The minimum Gasteiger partial charge on any atom is -0.0622 e. The molecule has 2 aromatic rings. The smallest absolute Gasteiger partial charge is 0.0622 e. The van der Waals surface area contributed by atoms with Crippen molar-refractivity contribution in [3.05, 3.63) is 65.7 Å². The Labute approximate surface area is 101 Å². The first kappa shape index (κ1) is 11.3. The fraction of sp³-hybridized carbons (Fsp3) is 0.200. The maximum absolute atomic E-state index is 2.32. The number of benzene rings is 2. The monoisotopic (exact) mass is 229 g/mol. The van der Waals surface area contributed by atoms with Gasteiger partial charge >= 0.3 is 0 Å². The third kappa shape index (κ3) is 2.89. The Morgan fingerprint density at radius 1 is 0.938 bits per heavy atom. The summed E-state index contributed by atoms with van der Waals surface area (Å²) in [5.41, 5.74) is 2.78. The molecular formula is C15H17S+. The normalized spacial score (nSPS) is 12.4. The fourth-order valence-electron chi connectivity index (χ4n) is 1.74. The second-order valence-electron chi connectivity index (χ2n) is 4.08. The van der Waals surface area contributed by atoms with E-state index in [1.807, 2.05) is 0 Å². The Morgan fingerprint density at radius 2 is 1.69 bits per heavy atom. The van der Waals surface area contributed by atoms with Crippen LogP contribution >= 0.6 is 0 Å². The summed E-state index contributed by atoms with van der Waals surface area (Å²) in [5, 5.41) is 0. The molecular weight excluding hydrogens is 212 g/mol. The van der Waals surface area contributed by atoms with Crippen molar-refractivity contribution in [3.63, 3.8) is 0 Å². The minimum absolute atomic E-state index is 0.305. The highest BCUT2D eigenvalue weighted by atomic mass is 32.2. The fourth-order valence-corrected chi connectivity index (χ4v) is 3.30. The Kier molecular flexibility index (Phi) is 3.68. The molecule has 0 saturated carbocycles. The topological polar surface area (TPSA) is 0 Å².